The zero-order valence-corrected chi connectivity index (χ0v) is 32.3. The fraction of sp³-hybridized carbons (Fsp3) is 0.357. The van der Waals surface area contributed by atoms with Gasteiger partial charge in [-0.25, -0.2) is 9.78 Å². The number of nitrogens with zero attached hydrogens (tertiary/aromatic N) is 2. The first-order valence-electron chi connectivity index (χ1n) is 18.4. The second kappa shape index (κ2) is 17.4. The number of ether oxygens (including phenoxy) is 1. The van der Waals surface area contributed by atoms with Gasteiger partial charge in [0.1, 0.15) is 6.04 Å². The van der Waals surface area contributed by atoms with Gasteiger partial charge in [0.15, 0.2) is 0 Å². The number of aliphatic carboxylic acids is 2. The smallest absolute Gasteiger partial charge is 0.326 e. The van der Waals surface area contributed by atoms with E-state index in [9.17, 15) is 29.1 Å². The number of carboxylic acids is 2. The van der Waals surface area contributed by atoms with Gasteiger partial charge >= 0.3 is 17.9 Å². The van der Waals surface area contributed by atoms with Gasteiger partial charge in [-0.05, 0) is 80.1 Å². The lowest BCUT2D eigenvalue weighted by atomic mass is 9.87. The van der Waals surface area contributed by atoms with Gasteiger partial charge in [0.25, 0.3) is 0 Å². The maximum atomic E-state index is 13.1. The molecule has 3 aromatic heterocycles. The molecule has 6 N–H and O–H groups in total. The number of carboxylic acid groups (broad SMARTS) is 2. The summed E-state index contributed by atoms with van der Waals surface area (Å²) >= 11 is 0. The number of methoxy groups -OCH3 is 1. The van der Waals surface area contributed by atoms with Gasteiger partial charge in [-0.2, -0.15) is 0 Å². The molecule has 2 aliphatic heterocycles. The lowest BCUT2D eigenvalue weighted by Gasteiger charge is -2.15. The average Bonchev–Trinajstić information content (AvgIpc) is 3.81. The Labute approximate surface area is 324 Å². The van der Waals surface area contributed by atoms with E-state index < -0.39 is 30.3 Å². The monoisotopic (exact) mass is 764 g/mol. The number of carbonyl (C=O) groups excluding carboxylic acids is 3. The molecule has 0 saturated heterocycles. The maximum Gasteiger partial charge on any atom is 0.326 e. The minimum atomic E-state index is -1.57. The van der Waals surface area contributed by atoms with Crippen molar-refractivity contribution in [3.63, 3.8) is 0 Å². The molecule has 14 heteroatoms. The number of aryl methyl sites for hydroxylation is 3. The molecule has 0 aliphatic carbocycles. The number of nitrogens with one attached hydrogen (secondary N) is 4. The van der Waals surface area contributed by atoms with Crippen molar-refractivity contribution in [1.82, 2.24) is 30.6 Å². The highest BCUT2D eigenvalue weighted by atomic mass is 16.5. The number of H-pyrrole nitrogens is 2. The highest BCUT2D eigenvalue weighted by molar-refractivity contribution is 5.97. The molecule has 14 nitrogen and oxygen atoms in total. The molecule has 2 amide bonds. The zero-order valence-electron chi connectivity index (χ0n) is 32.3. The molecular formula is C42H48N6O8. The van der Waals surface area contributed by atoms with Gasteiger partial charge in [-0.1, -0.05) is 32.2 Å². The third kappa shape index (κ3) is 8.96. The molecule has 0 aromatic carbocycles. The third-order valence-corrected chi connectivity index (χ3v) is 10.6. The van der Waals surface area contributed by atoms with Gasteiger partial charge in [-0.3, -0.25) is 24.2 Å². The van der Waals surface area contributed by atoms with Crippen LogP contribution in [0.25, 0.3) is 39.3 Å². The Balaban J connectivity index is 1.57. The lowest BCUT2D eigenvalue weighted by molar-refractivity contribution is -0.147. The minimum Gasteiger partial charge on any atom is -0.481 e. The standard InChI is InChI=1S/C42H48N6O8/c1-8-25-21(3)29-16-30-24(6)28(11-13-41(53)56-7)36(46-30)19-35-27(10-12-38(49)43-15-14-39(50)48-37(42(54)55)20-40(51)52)23(5)32(47-35)18-34-26(9-2)22(4)31(45-34)17-33(25)44-29/h8-9,16-19,24,28,37,44,47H,1-2,10-15,20H2,3-7H3,(H,43,49)(H,48,50)(H,51,52)(H,54,55). The number of esters is 1. The third-order valence-electron chi connectivity index (χ3n) is 10.6. The van der Waals surface area contributed by atoms with Gasteiger partial charge in [-0.15, -0.1) is 0 Å². The number of aromatic nitrogens is 4. The number of fused-ring (bicyclic) bond motifs is 8. The summed E-state index contributed by atoms with van der Waals surface area (Å²) < 4.78 is 4.97. The van der Waals surface area contributed by atoms with Crippen LogP contribution in [0.2, 0.25) is 0 Å². The number of hydrogen-bond donors (Lipinski definition) is 6. The predicted octanol–water partition coefficient (Wildman–Crippen LogP) is 6.01. The van der Waals surface area contributed by atoms with Crippen LogP contribution in [-0.2, 0) is 35.1 Å². The largest absolute Gasteiger partial charge is 0.481 e. The number of carbonyl (C=O) groups is 5. The second-order valence-corrected chi connectivity index (χ2v) is 14.1. The average molecular weight is 765 g/mol. The topological polar surface area (TPSA) is 216 Å². The first kappa shape index (κ1) is 40.9. The SMILES string of the molecule is C=CC1=C(C)c2cc3[nH]c(cc4nc(cc5[nH]c(cc1n2)c(C)c5CCC(=O)NCCC(=O)NC(CC(=O)O)C(=O)O)C(CCC(=O)OC)C4C)c(C)c3C=C. The van der Waals surface area contributed by atoms with Gasteiger partial charge < -0.3 is 35.6 Å². The molecule has 5 heterocycles. The van der Waals surface area contributed by atoms with Crippen molar-refractivity contribution in [3.8, 4) is 0 Å². The first-order valence-corrected chi connectivity index (χ1v) is 18.4. The summed E-state index contributed by atoms with van der Waals surface area (Å²) in [5, 5.41) is 23.0. The van der Waals surface area contributed by atoms with Crippen LogP contribution < -0.4 is 10.6 Å². The van der Waals surface area contributed by atoms with Crippen molar-refractivity contribution >= 4 is 69.0 Å². The number of rotatable bonds is 15. The highest BCUT2D eigenvalue weighted by Crippen LogP contribution is 2.41. The first-order chi connectivity index (χ1) is 26.6. The summed E-state index contributed by atoms with van der Waals surface area (Å²) in [6.07, 6.45) is 3.74. The molecule has 3 atom stereocenters. The Hall–Kier alpha value is -6.31. The Morgan fingerprint density at radius 1 is 0.857 bits per heavy atom. The summed E-state index contributed by atoms with van der Waals surface area (Å²) in [6.45, 7) is 16.2. The Morgan fingerprint density at radius 2 is 1.54 bits per heavy atom. The van der Waals surface area contributed by atoms with E-state index >= 15 is 0 Å². The molecule has 3 unspecified atom stereocenters. The van der Waals surface area contributed by atoms with E-state index in [2.05, 4.69) is 40.7 Å². The predicted molar refractivity (Wildman–Crippen MR) is 213 cm³/mol. The maximum absolute atomic E-state index is 13.1. The lowest BCUT2D eigenvalue weighted by Crippen LogP contribution is -2.43. The Bertz CT molecular complexity index is 2320. The van der Waals surface area contributed by atoms with Crippen molar-refractivity contribution in [2.24, 2.45) is 0 Å². The summed E-state index contributed by atoms with van der Waals surface area (Å²) in [5.41, 5.74) is 12.0. The molecule has 56 heavy (non-hydrogen) atoms. The number of amides is 2. The highest BCUT2D eigenvalue weighted by Gasteiger charge is 2.30. The molecule has 8 bridgehead atoms. The zero-order chi connectivity index (χ0) is 40.8. The fourth-order valence-corrected chi connectivity index (χ4v) is 7.28. The van der Waals surface area contributed by atoms with Crippen LogP contribution >= 0.6 is 0 Å². The van der Waals surface area contributed by atoms with Crippen LogP contribution in [0.4, 0.5) is 0 Å². The molecule has 0 fully saturated rings. The van der Waals surface area contributed by atoms with Crippen molar-refractivity contribution in [2.75, 3.05) is 13.7 Å². The molecule has 3 aromatic rings. The number of aromatic amines is 2. The summed E-state index contributed by atoms with van der Waals surface area (Å²) in [6, 6.07) is 6.44. The van der Waals surface area contributed by atoms with E-state index in [0.717, 1.165) is 78.2 Å². The van der Waals surface area contributed by atoms with Gasteiger partial charge in [0.2, 0.25) is 11.8 Å². The van der Waals surface area contributed by atoms with Crippen LogP contribution in [0, 0.1) is 13.8 Å². The second-order valence-electron chi connectivity index (χ2n) is 14.1. The number of allylic oxidation sites excluding steroid dienone is 3. The van der Waals surface area contributed by atoms with Crippen LogP contribution in [0.1, 0.15) is 103 Å². The Kier molecular flexibility index (Phi) is 12.7. The van der Waals surface area contributed by atoms with E-state index in [1.807, 2.05) is 51.1 Å². The molecule has 294 valence electrons. The van der Waals surface area contributed by atoms with Crippen LogP contribution in [0.5, 0.6) is 0 Å². The summed E-state index contributed by atoms with van der Waals surface area (Å²) in [4.78, 5) is 77.2. The fourth-order valence-electron chi connectivity index (χ4n) is 7.28. The Morgan fingerprint density at radius 3 is 2.20 bits per heavy atom. The van der Waals surface area contributed by atoms with Crippen LogP contribution in [0.3, 0.4) is 0 Å². The van der Waals surface area contributed by atoms with Crippen molar-refractivity contribution in [1.29, 1.82) is 0 Å². The van der Waals surface area contributed by atoms with E-state index in [4.69, 9.17) is 19.8 Å². The summed E-state index contributed by atoms with van der Waals surface area (Å²) in [5.74, 6) is -4.31. The van der Waals surface area contributed by atoms with Crippen molar-refractivity contribution in [3.05, 3.63) is 88.5 Å². The van der Waals surface area contributed by atoms with E-state index in [1.54, 1.807) is 6.08 Å². The molecular weight excluding hydrogens is 716 g/mol. The molecule has 2 aliphatic rings. The quantitative estimate of drug-likeness (QED) is 0.0990. The van der Waals surface area contributed by atoms with E-state index in [0.29, 0.717) is 12.8 Å². The van der Waals surface area contributed by atoms with Crippen molar-refractivity contribution in [2.45, 2.75) is 84.1 Å². The molecule has 5 rings (SSSR count). The minimum absolute atomic E-state index is 0.0383. The molecule has 0 radical (unpaired) electrons. The number of hydrogen-bond acceptors (Lipinski definition) is 8. The van der Waals surface area contributed by atoms with E-state index in [-0.39, 0.29) is 49.5 Å². The van der Waals surface area contributed by atoms with E-state index in [1.165, 1.54) is 7.11 Å². The normalized spacial score (nSPS) is 15.5. The van der Waals surface area contributed by atoms with Gasteiger partial charge in [0, 0.05) is 82.2 Å². The molecule has 0 saturated carbocycles. The van der Waals surface area contributed by atoms with Crippen LogP contribution in [0.15, 0.2) is 43.5 Å². The van der Waals surface area contributed by atoms with Crippen LogP contribution in [-0.4, -0.2) is 79.6 Å². The molecule has 0 spiro atoms. The van der Waals surface area contributed by atoms with Gasteiger partial charge in [0.05, 0.1) is 24.9 Å². The summed E-state index contributed by atoms with van der Waals surface area (Å²) in [7, 11) is 1.37. The van der Waals surface area contributed by atoms with Crippen molar-refractivity contribution < 1.29 is 38.9 Å².